The molecule has 16 heavy (non-hydrogen) atoms. The summed E-state index contributed by atoms with van der Waals surface area (Å²) < 4.78 is 6.94. The number of halogens is 2. The molecule has 1 aromatic rings. The highest BCUT2D eigenvalue weighted by Gasteiger charge is 2.14. The maximum atomic E-state index is 6.20. The van der Waals surface area contributed by atoms with Crippen molar-refractivity contribution in [2.45, 2.75) is 38.6 Å². The van der Waals surface area contributed by atoms with Crippen LogP contribution in [0.3, 0.4) is 0 Å². The van der Waals surface area contributed by atoms with Gasteiger partial charge in [0.15, 0.2) is 0 Å². The summed E-state index contributed by atoms with van der Waals surface area (Å²) in [6, 6.07) is 0. The molecule has 92 valence electrons. The zero-order chi connectivity index (χ0) is 12.1. The first kappa shape index (κ1) is 13.8. The van der Waals surface area contributed by atoms with E-state index >= 15 is 0 Å². The fourth-order valence-corrected chi connectivity index (χ4v) is 2.13. The van der Waals surface area contributed by atoms with Gasteiger partial charge in [-0.05, 0) is 26.7 Å². The molecule has 0 saturated carbocycles. The summed E-state index contributed by atoms with van der Waals surface area (Å²) in [7, 11) is 1.66. The molecule has 5 heteroatoms. The number of alkyl halides is 1. The standard InChI is InChI=1S/C11H18Cl2N2O/c1-4-15-10(11(13)8(2)14-15)6-5-9(12)7-16-3/h9H,4-7H2,1-3H3. The lowest BCUT2D eigenvalue weighted by molar-refractivity contribution is 0.195. The Bertz CT molecular complexity index is 339. The minimum Gasteiger partial charge on any atom is -0.383 e. The van der Waals surface area contributed by atoms with Crippen LogP contribution < -0.4 is 0 Å². The van der Waals surface area contributed by atoms with E-state index in [0.717, 1.165) is 35.8 Å². The summed E-state index contributed by atoms with van der Waals surface area (Å²) in [5.41, 5.74) is 1.96. The van der Waals surface area contributed by atoms with Gasteiger partial charge >= 0.3 is 0 Å². The molecule has 0 N–H and O–H groups in total. The number of methoxy groups -OCH3 is 1. The summed E-state index contributed by atoms with van der Waals surface area (Å²) in [5, 5.41) is 5.16. The van der Waals surface area contributed by atoms with Crippen LogP contribution in [-0.4, -0.2) is 28.9 Å². The minimum absolute atomic E-state index is 0.0292. The second kappa shape index (κ2) is 6.48. The highest BCUT2D eigenvalue weighted by Crippen LogP contribution is 2.22. The highest BCUT2D eigenvalue weighted by atomic mass is 35.5. The molecule has 0 bridgehead atoms. The molecule has 0 saturated heterocycles. The zero-order valence-electron chi connectivity index (χ0n) is 9.96. The number of aryl methyl sites for hydroxylation is 2. The Morgan fingerprint density at radius 2 is 2.19 bits per heavy atom. The smallest absolute Gasteiger partial charge is 0.0847 e. The van der Waals surface area contributed by atoms with Crippen molar-refractivity contribution in [2.24, 2.45) is 0 Å². The van der Waals surface area contributed by atoms with Gasteiger partial charge in [-0.3, -0.25) is 4.68 Å². The van der Waals surface area contributed by atoms with Crippen molar-refractivity contribution in [2.75, 3.05) is 13.7 Å². The quantitative estimate of drug-likeness (QED) is 0.739. The third-order valence-corrected chi connectivity index (χ3v) is 3.33. The number of nitrogens with zero attached hydrogens (tertiary/aromatic N) is 2. The van der Waals surface area contributed by atoms with Gasteiger partial charge in [-0.15, -0.1) is 11.6 Å². The molecule has 1 rings (SSSR count). The SMILES string of the molecule is CCn1nc(C)c(Cl)c1CCC(Cl)COC. The lowest BCUT2D eigenvalue weighted by Gasteiger charge is -2.09. The maximum absolute atomic E-state index is 6.20. The van der Waals surface area contributed by atoms with Crippen LogP contribution in [0, 0.1) is 6.92 Å². The number of hydrogen-bond acceptors (Lipinski definition) is 2. The Kier molecular flexibility index (Phi) is 5.59. The van der Waals surface area contributed by atoms with Gasteiger partial charge in [-0.25, -0.2) is 0 Å². The van der Waals surface area contributed by atoms with E-state index in [1.807, 2.05) is 11.6 Å². The van der Waals surface area contributed by atoms with E-state index in [1.54, 1.807) is 7.11 Å². The summed E-state index contributed by atoms with van der Waals surface area (Å²) in [5.74, 6) is 0. The Morgan fingerprint density at radius 3 is 2.75 bits per heavy atom. The number of ether oxygens (including phenoxy) is 1. The van der Waals surface area contributed by atoms with Gasteiger partial charge in [0.1, 0.15) is 0 Å². The summed E-state index contributed by atoms with van der Waals surface area (Å²) in [6.45, 7) is 5.38. The van der Waals surface area contributed by atoms with Crippen molar-refractivity contribution >= 4 is 23.2 Å². The van der Waals surface area contributed by atoms with Crippen molar-refractivity contribution in [3.8, 4) is 0 Å². The number of rotatable bonds is 6. The Hall–Kier alpha value is -0.250. The molecule has 1 atom stereocenters. The van der Waals surface area contributed by atoms with Crippen molar-refractivity contribution in [1.29, 1.82) is 0 Å². The topological polar surface area (TPSA) is 27.1 Å². The van der Waals surface area contributed by atoms with Crippen LogP contribution in [0.25, 0.3) is 0 Å². The molecule has 0 aliphatic carbocycles. The van der Waals surface area contributed by atoms with Gasteiger partial charge in [-0.1, -0.05) is 11.6 Å². The van der Waals surface area contributed by atoms with E-state index in [-0.39, 0.29) is 5.38 Å². The second-order valence-electron chi connectivity index (χ2n) is 3.75. The normalized spacial score (nSPS) is 13.1. The third kappa shape index (κ3) is 3.37. The van der Waals surface area contributed by atoms with Crippen molar-refractivity contribution in [3.05, 3.63) is 16.4 Å². The Morgan fingerprint density at radius 1 is 1.50 bits per heavy atom. The van der Waals surface area contributed by atoms with Gasteiger partial charge in [0.2, 0.25) is 0 Å². The fraction of sp³-hybridized carbons (Fsp3) is 0.727. The number of aromatic nitrogens is 2. The summed E-state index contributed by atoms with van der Waals surface area (Å²) in [6.07, 6.45) is 1.69. The Labute approximate surface area is 107 Å². The predicted octanol–water partition coefficient (Wildman–Crippen LogP) is 3.05. The van der Waals surface area contributed by atoms with Crippen LogP contribution in [0.2, 0.25) is 5.02 Å². The molecular formula is C11H18Cl2N2O. The molecular weight excluding hydrogens is 247 g/mol. The summed E-state index contributed by atoms with van der Waals surface area (Å²) >= 11 is 12.3. The second-order valence-corrected chi connectivity index (χ2v) is 4.75. The summed E-state index contributed by atoms with van der Waals surface area (Å²) in [4.78, 5) is 0. The molecule has 1 heterocycles. The van der Waals surface area contributed by atoms with Crippen molar-refractivity contribution in [3.63, 3.8) is 0 Å². The molecule has 0 radical (unpaired) electrons. The van der Waals surface area contributed by atoms with Crippen LogP contribution >= 0.6 is 23.2 Å². The van der Waals surface area contributed by atoms with Crippen LogP contribution in [0.4, 0.5) is 0 Å². The number of hydrogen-bond donors (Lipinski definition) is 0. The average molecular weight is 265 g/mol. The van der Waals surface area contributed by atoms with Gasteiger partial charge in [-0.2, -0.15) is 5.10 Å². The van der Waals surface area contributed by atoms with Gasteiger partial charge in [0.25, 0.3) is 0 Å². The van der Waals surface area contributed by atoms with E-state index in [4.69, 9.17) is 27.9 Å². The molecule has 0 spiro atoms. The molecule has 0 aromatic carbocycles. The van der Waals surface area contributed by atoms with E-state index in [9.17, 15) is 0 Å². The largest absolute Gasteiger partial charge is 0.383 e. The lowest BCUT2D eigenvalue weighted by Crippen LogP contribution is -2.11. The van der Waals surface area contributed by atoms with E-state index in [2.05, 4.69) is 12.0 Å². The lowest BCUT2D eigenvalue weighted by atomic mass is 10.2. The first-order valence-electron chi connectivity index (χ1n) is 5.44. The van der Waals surface area contributed by atoms with Crippen molar-refractivity contribution < 1.29 is 4.74 Å². The predicted molar refractivity (Wildman–Crippen MR) is 67.5 cm³/mol. The van der Waals surface area contributed by atoms with Crippen molar-refractivity contribution in [1.82, 2.24) is 9.78 Å². The third-order valence-electron chi connectivity index (χ3n) is 2.49. The van der Waals surface area contributed by atoms with Crippen LogP contribution in [-0.2, 0) is 17.7 Å². The van der Waals surface area contributed by atoms with E-state index in [0.29, 0.717) is 6.61 Å². The van der Waals surface area contributed by atoms with Crippen LogP contribution in [0.15, 0.2) is 0 Å². The molecule has 0 amide bonds. The first-order chi connectivity index (χ1) is 7.60. The van der Waals surface area contributed by atoms with E-state index in [1.165, 1.54) is 0 Å². The Balaban J connectivity index is 2.65. The maximum Gasteiger partial charge on any atom is 0.0847 e. The van der Waals surface area contributed by atoms with Crippen LogP contribution in [0.1, 0.15) is 24.7 Å². The highest BCUT2D eigenvalue weighted by molar-refractivity contribution is 6.31. The minimum atomic E-state index is 0.0292. The van der Waals surface area contributed by atoms with Gasteiger partial charge in [0, 0.05) is 13.7 Å². The monoisotopic (exact) mass is 264 g/mol. The van der Waals surface area contributed by atoms with Gasteiger partial charge in [0.05, 0.1) is 28.4 Å². The van der Waals surface area contributed by atoms with Gasteiger partial charge < -0.3 is 4.74 Å². The van der Waals surface area contributed by atoms with Crippen LogP contribution in [0.5, 0.6) is 0 Å². The van der Waals surface area contributed by atoms with E-state index < -0.39 is 0 Å². The zero-order valence-corrected chi connectivity index (χ0v) is 11.5. The average Bonchev–Trinajstić information content (AvgIpc) is 2.53. The molecule has 0 aliphatic rings. The fourth-order valence-electron chi connectivity index (χ4n) is 1.67. The molecule has 3 nitrogen and oxygen atoms in total. The molecule has 0 aliphatic heterocycles. The molecule has 1 unspecified atom stereocenters. The molecule has 0 fully saturated rings. The first-order valence-corrected chi connectivity index (χ1v) is 6.26. The molecule has 1 aromatic heterocycles.